The van der Waals surface area contributed by atoms with Crippen molar-refractivity contribution in [1.82, 2.24) is 4.90 Å². The summed E-state index contributed by atoms with van der Waals surface area (Å²) in [6.45, 7) is 7.45. The molecule has 41 heavy (non-hydrogen) atoms. The van der Waals surface area contributed by atoms with Gasteiger partial charge in [-0.1, -0.05) is 115 Å². The van der Waals surface area contributed by atoms with Gasteiger partial charge in [0.05, 0.1) is 0 Å². The maximum absolute atomic E-state index is 12.9. The molecule has 0 spiro atoms. The number of rotatable bonds is 28. The van der Waals surface area contributed by atoms with E-state index in [1.807, 2.05) is 6.08 Å². The molecule has 0 aliphatic rings. The number of esters is 2. The number of carbonyl (C=O) groups is 3. The second-order valence-corrected chi connectivity index (χ2v) is 12.0. The molecule has 0 aromatic rings. The van der Waals surface area contributed by atoms with Crippen molar-refractivity contribution in [2.24, 2.45) is 5.73 Å². The highest BCUT2D eigenvalue weighted by Crippen LogP contribution is 2.18. The first-order chi connectivity index (χ1) is 20.0. The Labute approximate surface area is 256 Å². The summed E-state index contributed by atoms with van der Waals surface area (Å²) in [6, 6.07) is 0. The van der Waals surface area contributed by atoms with Crippen LogP contribution in [0.3, 0.4) is 0 Å². The average molecular weight is 599 g/mol. The zero-order valence-electron chi connectivity index (χ0n) is 26.7. The van der Waals surface area contributed by atoms with Crippen molar-refractivity contribution in [3.63, 3.8) is 0 Å². The van der Waals surface area contributed by atoms with E-state index in [1.54, 1.807) is 0 Å². The Morgan fingerprint density at radius 3 is 1.93 bits per heavy atom. The molecule has 2 N–H and O–H groups in total. The molecule has 0 bridgehead atoms. The number of nitrogens with zero attached hydrogens (tertiary/aromatic N) is 1. The molecule has 1 amide bonds. The Morgan fingerprint density at radius 1 is 0.756 bits per heavy atom. The van der Waals surface area contributed by atoms with Gasteiger partial charge in [0.25, 0.3) is 5.24 Å². The monoisotopic (exact) mass is 598 g/mol. The van der Waals surface area contributed by atoms with E-state index >= 15 is 0 Å². The van der Waals surface area contributed by atoms with Crippen LogP contribution in [0.5, 0.6) is 0 Å². The van der Waals surface area contributed by atoms with E-state index in [-0.39, 0.29) is 42.9 Å². The van der Waals surface area contributed by atoms with Gasteiger partial charge in [0.15, 0.2) is 0 Å². The number of ether oxygens (including phenoxy) is 2. The van der Waals surface area contributed by atoms with Gasteiger partial charge in [-0.3, -0.25) is 14.4 Å². The van der Waals surface area contributed by atoms with Gasteiger partial charge in [0.1, 0.15) is 19.3 Å². The summed E-state index contributed by atoms with van der Waals surface area (Å²) in [4.78, 5) is 39.4. The van der Waals surface area contributed by atoms with E-state index in [2.05, 4.69) is 26.8 Å². The molecule has 0 unspecified atom stereocenters. The van der Waals surface area contributed by atoms with Gasteiger partial charge in [-0.25, -0.2) is 0 Å². The maximum Gasteiger partial charge on any atom is 0.325 e. The summed E-state index contributed by atoms with van der Waals surface area (Å²) < 4.78 is 11.2. The summed E-state index contributed by atoms with van der Waals surface area (Å²) in [5, 5.41) is -0.206. The van der Waals surface area contributed by atoms with Crippen LogP contribution in [0.25, 0.3) is 0 Å². The lowest BCUT2D eigenvalue weighted by atomic mass is 10.0. The fourth-order valence-corrected chi connectivity index (χ4v) is 5.20. The first kappa shape index (κ1) is 39.5. The standard InChI is InChI=1S/C33H62N2O5S/c1-4-7-10-13-14-17-20-27-39-31(36)24-21-26-35(33(38)41-28-25-34)29-32(37)40-30(22-18-15-11-8-5-2)23-19-16-12-9-6-3/h17,20,30H,4-16,18-19,21-29,34H2,1-3H3/b20-17-. The van der Waals surface area contributed by atoms with Crippen LogP contribution in [0.2, 0.25) is 0 Å². The maximum atomic E-state index is 12.9. The van der Waals surface area contributed by atoms with Crippen molar-refractivity contribution in [2.75, 3.05) is 32.0 Å². The molecule has 0 aromatic carbocycles. The topological polar surface area (TPSA) is 98.9 Å². The smallest absolute Gasteiger partial charge is 0.325 e. The minimum Gasteiger partial charge on any atom is -0.461 e. The predicted octanol–water partition coefficient (Wildman–Crippen LogP) is 8.58. The Bertz CT molecular complexity index is 660. The minimum atomic E-state index is -0.370. The number of hydrogen-bond donors (Lipinski definition) is 1. The Hall–Kier alpha value is -1.54. The molecule has 0 saturated carbocycles. The van der Waals surface area contributed by atoms with Crippen molar-refractivity contribution < 1.29 is 23.9 Å². The lowest BCUT2D eigenvalue weighted by molar-refractivity contribution is -0.150. The van der Waals surface area contributed by atoms with E-state index < -0.39 is 0 Å². The third-order valence-corrected chi connectivity index (χ3v) is 7.96. The third-order valence-electron chi connectivity index (χ3n) is 7.02. The summed E-state index contributed by atoms with van der Waals surface area (Å²) in [7, 11) is 0. The molecular formula is C33H62N2O5S. The molecule has 240 valence electrons. The Kier molecular flexibility index (Phi) is 28.8. The van der Waals surface area contributed by atoms with E-state index in [9.17, 15) is 14.4 Å². The Morgan fingerprint density at radius 2 is 1.34 bits per heavy atom. The Balaban J connectivity index is 4.73. The number of unbranched alkanes of at least 4 members (excludes halogenated alkanes) is 12. The van der Waals surface area contributed by atoms with Crippen LogP contribution in [0, 0.1) is 0 Å². The van der Waals surface area contributed by atoms with Gasteiger partial charge in [0, 0.05) is 25.3 Å². The quantitative estimate of drug-likeness (QED) is 0.0547. The molecule has 8 heteroatoms. The molecule has 0 aliphatic heterocycles. The molecule has 0 heterocycles. The fourth-order valence-electron chi connectivity index (χ4n) is 4.57. The van der Waals surface area contributed by atoms with E-state index in [0.29, 0.717) is 25.3 Å². The van der Waals surface area contributed by atoms with Crippen molar-refractivity contribution >= 4 is 28.9 Å². The summed E-state index contributed by atoms with van der Waals surface area (Å²) in [5.41, 5.74) is 5.59. The van der Waals surface area contributed by atoms with Crippen molar-refractivity contribution in [3.8, 4) is 0 Å². The largest absolute Gasteiger partial charge is 0.461 e. The molecule has 0 aliphatic carbocycles. The molecule has 0 aromatic heterocycles. The predicted molar refractivity (Wildman–Crippen MR) is 173 cm³/mol. The second-order valence-electron chi connectivity index (χ2n) is 10.9. The molecular weight excluding hydrogens is 536 g/mol. The number of amides is 1. The van der Waals surface area contributed by atoms with Crippen LogP contribution in [-0.4, -0.2) is 60.2 Å². The fraction of sp³-hybridized carbons (Fsp3) is 0.848. The van der Waals surface area contributed by atoms with Gasteiger partial charge in [-0.15, -0.1) is 0 Å². The highest BCUT2D eigenvalue weighted by Gasteiger charge is 2.21. The zero-order chi connectivity index (χ0) is 30.4. The van der Waals surface area contributed by atoms with Gasteiger partial charge in [0.2, 0.25) is 0 Å². The van der Waals surface area contributed by atoms with E-state index in [4.69, 9.17) is 15.2 Å². The van der Waals surface area contributed by atoms with Gasteiger partial charge in [-0.2, -0.15) is 0 Å². The van der Waals surface area contributed by atoms with Crippen molar-refractivity contribution in [3.05, 3.63) is 12.2 Å². The molecule has 0 radical (unpaired) electrons. The number of hydrogen-bond acceptors (Lipinski definition) is 7. The van der Waals surface area contributed by atoms with E-state index in [1.165, 1.54) is 62.7 Å². The molecule has 0 fully saturated rings. The van der Waals surface area contributed by atoms with Crippen LogP contribution in [0.4, 0.5) is 4.79 Å². The second kappa shape index (κ2) is 29.9. The van der Waals surface area contributed by atoms with Crippen molar-refractivity contribution in [1.29, 1.82) is 0 Å². The number of carbonyl (C=O) groups excluding carboxylic acids is 3. The first-order valence-corrected chi connectivity index (χ1v) is 17.6. The van der Waals surface area contributed by atoms with Gasteiger partial charge < -0.3 is 20.1 Å². The third kappa shape index (κ3) is 25.9. The van der Waals surface area contributed by atoms with Crippen LogP contribution in [0.15, 0.2) is 12.2 Å². The molecule has 0 rings (SSSR count). The van der Waals surface area contributed by atoms with Gasteiger partial charge >= 0.3 is 11.9 Å². The van der Waals surface area contributed by atoms with Crippen LogP contribution >= 0.6 is 11.8 Å². The van der Waals surface area contributed by atoms with E-state index in [0.717, 1.165) is 63.1 Å². The lowest BCUT2D eigenvalue weighted by Crippen LogP contribution is -2.36. The summed E-state index contributed by atoms with van der Waals surface area (Å²) in [6.07, 6.45) is 23.8. The highest BCUT2D eigenvalue weighted by molar-refractivity contribution is 8.13. The summed E-state index contributed by atoms with van der Waals surface area (Å²) >= 11 is 1.10. The minimum absolute atomic E-state index is 0.103. The molecule has 7 nitrogen and oxygen atoms in total. The first-order valence-electron chi connectivity index (χ1n) is 16.6. The van der Waals surface area contributed by atoms with Crippen LogP contribution in [-0.2, 0) is 19.1 Å². The number of allylic oxidation sites excluding steroid dienone is 1. The van der Waals surface area contributed by atoms with Crippen LogP contribution < -0.4 is 5.73 Å². The lowest BCUT2D eigenvalue weighted by Gasteiger charge is -2.24. The van der Waals surface area contributed by atoms with Crippen molar-refractivity contribution in [2.45, 2.75) is 149 Å². The molecule has 0 atom stereocenters. The van der Waals surface area contributed by atoms with Crippen LogP contribution in [0.1, 0.15) is 143 Å². The van der Waals surface area contributed by atoms with Gasteiger partial charge in [-0.05, 0) is 44.9 Å². The SMILES string of the molecule is CCCCCC/C=C\COC(=O)CCCN(CC(=O)OC(CCCCCCC)CCCCCCC)C(=O)SCCN. The normalized spacial score (nSPS) is 11.3. The zero-order valence-corrected chi connectivity index (χ0v) is 27.5. The number of nitrogens with two attached hydrogens (primary N) is 1. The average Bonchev–Trinajstić information content (AvgIpc) is 2.96. The molecule has 0 saturated heterocycles. The highest BCUT2D eigenvalue weighted by atomic mass is 32.2. The number of thioether (sulfide) groups is 1. The summed E-state index contributed by atoms with van der Waals surface area (Å²) in [5.74, 6) is -0.183.